The average molecular weight is 308 g/mol. The molecule has 2 rings (SSSR count). The Balaban J connectivity index is 1.98. The summed E-state index contributed by atoms with van der Waals surface area (Å²) >= 11 is 7.04. The van der Waals surface area contributed by atoms with E-state index < -0.39 is 0 Å². The van der Waals surface area contributed by atoms with E-state index in [0.29, 0.717) is 0 Å². The van der Waals surface area contributed by atoms with Gasteiger partial charge in [-0.2, -0.15) is 11.8 Å². The van der Waals surface area contributed by atoms with Gasteiger partial charge in [0.25, 0.3) is 0 Å². The third kappa shape index (κ3) is 3.07. The monoisotopic (exact) mass is 307 g/mol. The van der Waals surface area contributed by atoms with E-state index in [2.05, 4.69) is 49.7 Å². The molecule has 84 valence electrons. The molecular weight excluding hydrogens is 294 g/mol. The van der Waals surface area contributed by atoms with Crippen LogP contribution in [0.4, 0.5) is 5.13 Å². The summed E-state index contributed by atoms with van der Waals surface area (Å²) in [5.41, 5.74) is 0. The van der Waals surface area contributed by atoms with Crippen molar-refractivity contribution in [2.45, 2.75) is 25.0 Å². The van der Waals surface area contributed by atoms with Crippen molar-refractivity contribution < 1.29 is 0 Å². The maximum Gasteiger partial charge on any atom is 0.209 e. The molecule has 1 fully saturated rings. The molecule has 1 unspecified atom stereocenters. The zero-order valence-electron chi connectivity index (χ0n) is 8.65. The summed E-state index contributed by atoms with van der Waals surface area (Å²) in [6.07, 6.45) is 2.61. The van der Waals surface area contributed by atoms with Gasteiger partial charge in [0, 0.05) is 18.3 Å². The number of halogens is 1. The van der Waals surface area contributed by atoms with Crippen LogP contribution in [-0.2, 0) is 0 Å². The van der Waals surface area contributed by atoms with Crippen molar-refractivity contribution >= 4 is 44.2 Å². The van der Waals surface area contributed by atoms with Gasteiger partial charge in [0.2, 0.25) is 5.13 Å². The highest BCUT2D eigenvalue weighted by molar-refractivity contribution is 9.11. The van der Waals surface area contributed by atoms with Crippen LogP contribution in [0.5, 0.6) is 0 Å². The number of rotatable bonds is 3. The molecule has 15 heavy (non-hydrogen) atoms. The van der Waals surface area contributed by atoms with E-state index in [4.69, 9.17) is 0 Å². The first-order valence-electron chi connectivity index (χ1n) is 5.15. The van der Waals surface area contributed by atoms with Gasteiger partial charge in [-0.1, -0.05) is 18.3 Å². The minimum absolute atomic E-state index is 0.770. The minimum atomic E-state index is 0.770. The first-order chi connectivity index (χ1) is 7.29. The normalized spacial score (nSPS) is 22.0. The van der Waals surface area contributed by atoms with Gasteiger partial charge in [-0.15, -0.1) is 10.2 Å². The smallest absolute Gasteiger partial charge is 0.209 e. The lowest BCUT2D eigenvalue weighted by Crippen LogP contribution is -2.36. The summed E-state index contributed by atoms with van der Waals surface area (Å²) in [6.45, 7) is 4.48. The second-order valence-electron chi connectivity index (χ2n) is 3.50. The summed E-state index contributed by atoms with van der Waals surface area (Å²) in [5.74, 6) is 1.21. The molecule has 1 aromatic rings. The number of aromatic nitrogens is 2. The standard InChI is InChI=1S/C9H14BrN3S2/c1-2-14-7-4-3-5-13(6-7)9-12-11-8(10)15-9/h7H,2-6H2,1H3. The Morgan fingerprint density at radius 2 is 2.47 bits per heavy atom. The van der Waals surface area contributed by atoms with Crippen LogP contribution in [0.1, 0.15) is 19.8 Å². The molecule has 1 aliphatic rings. The van der Waals surface area contributed by atoms with Gasteiger partial charge in [0.15, 0.2) is 3.92 Å². The molecule has 0 spiro atoms. The Labute approximate surface area is 107 Å². The van der Waals surface area contributed by atoms with Crippen LogP contribution >= 0.6 is 39.0 Å². The van der Waals surface area contributed by atoms with E-state index in [1.807, 2.05) is 0 Å². The molecule has 0 saturated carbocycles. The van der Waals surface area contributed by atoms with Gasteiger partial charge in [-0.25, -0.2) is 0 Å². The number of anilines is 1. The molecule has 6 heteroatoms. The van der Waals surface area contributed by atoms with E-state index in [9.17, 15) is 0 Å². The number of piperidine rings is 1. The van der Waals surface area contributed by atoms with Gasteiger partial charge in [-0.05, 0) is 34.5 Å². The van der Waals surface area contributed by atoms with Gasteiger partial charge < -0.3 is 4.90 Å². The Kier molecular flexibility index (Phi) is 4.28. The van der Waals surface area contributed by atoms with Crippen molar-refractivity contribution in [2.75, 3.05) is 23.7 Å². The number of thioether (sulfide) groups is 1. The largest absolute Gasteiger partial charge is 0.346 e. The predicted molar refractivity (Wildman–Crippen MR) is 71.0 cm³/mol. The van der Waals surface area contributed by atoms with Crippen LogP contribution in [0, 0.1) is 0 Å². The van der Waals surface area contributed by atoms with Crippen molar-refractivity contribution in [1.82, 2.24) is 10.2 Å². The molecule has 1 atom stereocenters. The number of nitrogens with zero attached hydrogens (tertiary/aromatic N) is 3. The van der Waals surface area contributed by atoms with E-state index in [1.54, 1.807) is 11.3 Å². The molecule has 3 nitrogen and oxygen atoms in total. The average Bonchev–Trinajstić information content (AvgIpc) is 2.66. The topological polar surface area (TPSA) is 29.0 Å². The minimum Gasteiger partial charge on any atom is -0.346 e. The van der Waals surface area contributed by atoms with Crippen LogP contribution in [0.3, 0.4) is 0 Å². The molecule has 0 radical (unpaired) electrons. The fourth-order valence-corrected chi connectivity index (χ4v) is 4.02. The van der Waals surface area contributed by atoms with Crippen LogP contribution in [0.25, 0.3) is 0 Å². The quantitative estimate of drug-likeness (QED) is 0.858. The zero-order chi connectivity index (χ0) is 10.7. The van der Waals surface area contributed by atoms with Crippen molar-refractivity contribution in [2.24, 2.45) is 0 Å². The summed E-state index contributed by atoms with van der Waals surface area (Å²) in [6, 6.07) is 0. The van der Waals surface area contributed by atoms with Crippen molar-refractivity contribution in [3.63, 3.8) is 0 Å². The van der Waals surface area contributed by atoms with Gasteiger partial charge in [0.1, 0.15) is 0 Å². The van der Waals surface area contributed by atoms with Crippen LogP contribution in [0.15, 0.2) is 3.92 Å². The summed E-state index contributed by atoms with van der Waals surface area (Å²) in [5, 5.41) is 10.0. The molecule has 0 amide bonds. The van der Waals surface area contributed by atoms with Crippen molar-refractivity contribution in [1.29, 1.82) is 0 Å². The number of hydrogen-bond acceptors (Lipinski definition) is 5. The van der Waals surface area contributed by atoms with Gasteiger partial charge >= 0.3 is 0 Å². The number of hydrogen-bond donors (Lipinski definition) is 0. The molecule has 2 heterocycles. The lowest BCUT2D eigenvalue weighted by molar-refractivity contribution is 0.587. The van der Waals surface area contributed by atoms with Crippen molar-refractivity contribution in [3.05, 3.63) is 3.92 Å². The summed E-state index contributed by atoms with van der Waals surface area (Å²) in [7, 11) is 0. The summed E-state index contributed by atoms with van der Waals surface area (Å²) < 4.78 is 0.878. The predicted octanol–water partition coefficient (Wildman–Crippen LogP) is 3.02. The van der Waals surface area contributed by atoms with Crippen molar-refractivity contribution in [3.8, 4) is 0 Å². The van der Waals surface area contributed by atoms with Crippen LogP contribution in [-0.4, -0.2) is 34.3 Å². The third-order valence-electron chi connectivity index (χ3n) is 2.44. The maximum atomic E-state index is 4.17. The van der Waals surface area contributed by atoms with E-state index in [-0.39, 0.29) is 0 Å². The molecule has 0 aliphatic carbocycles. The first-order valence-corrected chi connectivity index (χ1v) is 7.81. The highest BCUT2D eigenvalue weighted by Gasteiger charge is 2.22. The Bertz CT molecular complexity index is 316. The first kappa shape index (κ1) is 11.7. The highest BCUT2D eigenvalue weighted by Crippen LogP contribution is 2.29. The molecule has 1 saturated heterocycles. The molecule has 0 aromatic carbocycles. The molecule has 0 N–H and O–H groups in total. The Morgan fingerprint density at radius 1 is 1.60 bits per heavy atom. The van der Waals surface area contributed by atoms with Crippen LogP contribution in [0.2, 0.25) is 0 Å². The fourth-order valence-electron chi connectivity index (χ4n) is 1.81. The molecular formula is C9H14BrN3S2. The second-order valence-corrected chi connectivity index (χ2v) is 7.31. The molecule has 0 bridgehead atoms. The second kappa shape index (κ2) is 5.50. The fraction of sp³-hybridized carbons (Fsp3) is 0.778. The zero-order valence-corrected chi connectivity index (χ0v) is 11.9. The Hall–Kier alpha value is 0.190. The van der Waals surface area contributed by atoms with E-state index >= 15 is 0 Å². The lowest BCUT2D eigenvalue weighted by atomic mass is 10.1. The van der Waals surface area contributed by atoms with E-state index in [0.717, 1.165) is 27.4 Å². The molecule has 1 aromatic heterocycles. The lowest BCUT2D eigenvalue weighted by Gasteiger charge is -2.31. The van der Waals surface area contributed by atoms with Crippen LogP contribution < -0.4 is 4.90 Å². The van der Waals surface area contributed by atoms with Gasteiger partial charge in [0.05, 0.1) is 0 Å². The summed E-state index contributed by atoms with van der Waals surface area (Å²) in [4.78, 5) is 2.36. The highest BCUT2D eigenvalue weighted by atomic mass is 79.9. The van der Waals surface area contributed by atoms with Gasteiger partial charge in [-0.3, -0.25) is 0 Å². The third-order valence-corrected chi connectivity index (χ3v) is 5.05. The molecule has 1 aliphatic heterocycles. The van der Waals surface area contributed by atoms with E-state index in [1.165, 1.54) is 18.6 Å². The maximum absolute atomic E-state index is 4.17. The Morgan fingerprint density at radius 3 is 3.13 bits per heavy atom. The SMILES string of the molecule is CCSC1CCCN(c2nnc(Br)s2)C1.